The first-order valence-electron chi connectivity index (χ1n) is 7.34. The molecule has 0 saturated heterocycles. The van der Waals surface area contributed by atoms with E-state index in [4.69, 9.17) is 9.47 Å². The molecule has 114 valence electrons. The molecule has 3 nitrogen and oxygen atoms in total. The average Bonchev–Trinajstić information content (AvgIpc) is 2.44. The van der Waals surface area contributed by atoms with Crippen molar-refractivity contribution in [3.63, 3.8) is 0 Å². The molecular weight excluding hydrogens is 257 g/mol. The first-order chi connectivity index (χ1) is 9.71. The highest BCUT2D eigenvalue weighted by atomic mass is 19.1. The Kier molecular flexibility index (Phi) is 8.23. The molecule has 0 heterocycles. The topological polar surface area (TPSA) is 30.5 Å². The molecule has 1 atom stereocenters. The van der Waals surface area contributed by atoms with Crippen molar-refractivity contribution in [3.05, 3.63) is 29.6 Å². The molecule has 0 spiro atoms. The van der Waals surface area contributed by atoms with E-state index in [1.54, 1.807) is 12.1 Å². The van der Waals surface area contributed by atoms with E-state index >= 15 is 0 Å². The fourth-order valence-corrected chi connectivity index (χ4v) is 2.16. The minimum atomic E-state index is -0.303. The van der Waals surface area contributed by atoms with Crippen LogP contribution in [-0.4, -0.2) is 32.9 Å². The van der Waals surface area contributed by atoms with E-state index in [-0.39, 0.29) is 5.82 Å². The van der Waals surface area contributed by atoms with Crippen LogP contribution in [0.1, 0.15) is 32.3 Å². The van der Waals surface area contributed by atoms with Gasteiger partial charge in [0.25, 0.3) is 0 Å². The Hall–Kier alpha value is -1.13. The SMILES string of the molecule is CCCOCCC(Cc1ccc(OC)c(F)c1)NCC. The van der Waals surface area contributed by atoms with Crippen molar-refractivity contribution < 1.29 is 13.9 Å². The van der Waals surface area contributed by atoms with Gasteiger partial charge >= 0.3 is 0 Å². The number of hydrogen-bond acceptors (Lipinski definition) is 3. The molecule has 0 fully saturated rings. The first kappa shape index (κ1) is 16.9. The predicted octanol–water partition coefficient (Wildman–Crippen LogP) is 3.17. The van der Waals surface area contributed by atoms with Gasteiger partial charge in [0.05, 0.1) is 7.11 Å². The van der Waals surface area contributed by atoms with Gasteiger partial charge < -0.3 is 14.8 Å². The lowest BCUT2D eigenvalue weighted by atomic mass is 10.0. The van der Waals surface area contributed by atoms with E-state index in [0.717, 1.165) is 44.6 Å². The fraction of sp³-hybridized carbons (Fsp3) is 0.625. The Balaban J connectivity index is 2.53. The fourth-order valence-electron chi connectivity index (χ4n) is 2.16. The second-order valence-corrected chi connectivity index (χ2v) is 4.83. The number of methoxy groups -OCH3 is 1. The maximum absolute atomic E-state index is 13.7. The number of rotatable bonds is 10. The molecule has 0 aromatic heterocycles. The molecule has 4 heteroatoms. The van der Waals surface area contributed by atoms with Gasteiger partial charge in [-0.1, -0.05) is 19.9 Å². The number of hydrogen-bond donors (Lipinski definition) is 1. The van der Waals surface area contributed by atoms with Crippen molar-refractivity contribution in [3.8, 4) is 5.75 Å². The molecular formula is C16H26FNO2. The third-order valence-electron chi connectivity index (χ3n) is 3.15. The van der Waals surface area contributed by atoms with Crippen molar-refractivity contribution in [2.45, 2.75) is 39.2 Å². The molecule has 1 unspecified atom stereocenters. The van der Waals surface area contributed by atoms with Crippen LogP contribution in [0.25, 0.3) is 0 Å². The normalized spacial score (nSPS) is 12.4. The summed E-state index contributed by atoms with van der Waals surface area (Å²) in [6, 6.07) is 5.46. The molecule has 1 aromatic rings. The summed E-state index contributed by atoms with van der Waals surface area (Å²) < 4.78 is 24.1. The summed E-state index contributed by atoms with van der Waals surface area (Å²) in [5.41, 5.74) is 0.977. The third kappa shape index (κ3) is 5.88. The van der Waals surface area contributed by atoms with E-state index in [1.807, 2.05) is 6.07 Å². The summed E-state index contributed by atoms with van der Waals surface area (Å²) in [6.45, 7) is 6.62. The van der Waals surface area contributed by atoms with Gasteiger partial charge in [-0.2, -0.15) is 0 Å². The van der Waals surface area contributed by atoms with Crippen LogP contribution in [0.5, 0.6) is 5.75 Å². The van der Waals surface area contributed by atoms with Crippen molar-refractivity contribution in [1.29, 1.82) is 0 Å². The Labute approximate surface area is 121 Å². The number of ether oxygens (including phenoxy) is 2. The van der Waals surface area contributed by atoms with Crippen molar-refractivity contribution in [2.75, 3.05) is 26.9 Å². The van der Waals surface area contributed by atoms with Crippen LogP contribution >= 0.6 is 0 Å². The van der Waals surface area contributed by atoms with E-state index in [9.17, 15) is 4.39 Å². The van der Waals surface area contributed by atoms with E-state index in [2.05, 4.69) is 19.2 Å². The molecule has 0 aliphatic heterocycles. The van der Waals surface area contributed by atoms with Crippen LogP contribution in [0.15, 0.2) is 18.2 Å². The molecule has 0 amide bonds. The maximum Gasteiger partial charge on any atom is 0.165 e. The molecule has 0 saturated carbocycles. The Morgan fingerprint density at radius 3 is 2.65 bits per heavy atom. The quantitative estimate of drug-likeness (QED) is 0.669. The zero-order valence-electron chi connectivity index (χ0n) is 12.7. The first-order valence-corrected chi connectivity index (χ1v) is 7.34. The summed E-state index contributed by atoms with van der Waals surface area (Å²) in [7, 11) is 1.48. The van der Waals surface area contributed by atoms with Crippen molar-refractivity contribution >= 4 is 0 Å². The summed E-state index contributed by atoms with van der Waals surface area (Å²) in [4.78, 5) is 0. The van der Waals surface area contributed by atoms with Crippen LogP contribution in [0, 0.1) is 5.82 Å². The summed E-state index contributed by atoms with van der Waals surface area (Å²) in [5.74, 6) is -0.0116. The molecule has 20 heavy (non-hydrogen) atoms. The molecule has 0 aliphatic carbocycles. The van der Waals surface area contributed by atoms with Gasteiger partial charge in [-0.15, -0.1) is 0 Å². The summed E-state index contributed by atoms with van der Waals surface area (Å²) in [5, 5.41) is 3.42. The number of likely N-dealkylation sites (N-methyl/N-ethyl adjacent to an activating group) is 1. The van der Waals surface area contributed by atoms with Crippen LogP contribution in [0.4, 0.5) is 4.39 Å². The standard InChI is InChI=1S/C16H26FNO2/c1-4-9-20-10-8-14(18-5-2)11-13-6-7-16(19-3)15(17)12-13/h6-7,12,14,18H,4-5,8-11H2,1-3H3. The molecule has 1 aromatic carbocycles. The predicted molar refractivity (Wildman–Crippen MR) is 79.8 cm³/mol. The molecule has 0 radical (unpaired) electrons. The highest BCUT2D eigenvalue weighted by Crippen LogP contribution is 2.19. The monoisotopic (exact) mass is 283 g/mol. The second kappa shape index (κ2) is 9.72. The molecule has 1 N–H and O–H groups in total. The minimum absolute atomic E-state index is 0.292. The van der Waals surface area contributed by atoms with Gasteiger partial charge in [0, 0.05) is 19.3 Å². The van der Waals surface area contributed by atoms with Crippen LogP contribution in [0.3, 0.4) is 0 Å². The highest BCUT2D eigenvalue weighted by molar-refractivity contribution is 5.29. The van der Waals surface area contributed by atoms with Gasteiger partial charge in [0.2, 0.25) is 0 Å². The second-order valence-electron chi connectivity index (χ2n) is 4.83. The average molecular weight is 283 g/mol. The Morgan fingerprint density at radius 2 is 2.05 bits per heavy atom. The maximum atomic E-state index is 13.7. The molecule has 0 bridgehead atoms. The van der Waals surface area contributed by atoms with Crippen molar-refractivity contribution in [1.82, 2.24) is 5.32 Å². The smallest absolute Gasteiger partial charge is 0.165 e. The van der Waals surface area contributed by atoms with Gasteiger partial charge in [-0.3, -0.25) is 0 Å². The minimum Gasteiger partial charge on any atom is -0.494 e. The number of halogens is 1. The Bertz CT molecular complexity index is 385. The van der Waals surface area contributed by atoms with Gasteiger partial charge in [-0.25, -0.2) is 4.39 Å². The largest absolute Gasteiger partial charge is 0.494 e. The van der Waals surface area contributed by atoms with E-state index in [0.29, 0.717) is 11.8 Å². The number of nitrogens with one attached hydrogen (secondary N) is 1. The number of benzene rings is 1. The zero-order valence-corrected chi connectivity index (χ0v) is 12.7. The summed E-state index contributed by atoms with van der Waals surface area (Å²) >= 11 is 0. The lowest BCUT2D eigenvalue weighted by Crippen LogP contribution is -2.32. The Morgan fingerprint density at radius 1 is 1.25 bits per heavy atom. The van der Waals surface area contributed by atoms with Crippen LogP contribution in [0.2, 0.25) is 0 Å². The van der Waals surface area contributed by atoms with E-state index < -0.39 is 0 Å². The molecule has 0 aliphatic rings. The third-order valence-corrected chi connectivity index (χ3v) is 3.15. The lowest BCUT2D eigenvalue weighted by Gasteiger charge is -2.18. The van der Waals surface area contributed by atoms with Gasteiger partial charge in [0.1, 0.15) is 0 Å². The molecule has 1 rings (SSSR count). The van der Waals surface area contributed by atoms with Crippen molar-refractivity contribution in [2.24, 2.45) is 0 Å². The summed E-state index contributed by atoms with van der Waals surface area (Å²) in [6.07, 6.45) is 2.77. The van der Waals surface area contributed by atoms with Gasteiger partial charge in [0.15, 0.2) is 11.6 Å². The van der Waals surface area contributed by atoms with Crippen LogP contribution in [-0.2, 0) is 11.2 Å². The lowest BCUT2D eigenvalue weighted by molar-refractivity contribution is 0.124. The van der Waals surface area contributed by atoms with Gasteiger partial charge in [-0.05, 0) is 43.5 Å². The van der Waals surface area contributed by atoms with E-state index in [1.165, 1.54) is 7.11 Å². The van der Waals surface area contributed by atoms with Crippen LogP contribution < -0.4 is 10.1 Å². The highest BCUT2D eigenvalue weighted by Gasteiger charge is 2.10. The zero-order chi connectivity index (χ0) is 14.8.